The molecule has 1 saturated heterocycles. The largest absolute Gasteiger partial charge is 0.456 e. The van der Waals surface area contributed by atoms with Crippen molar-refractivity contribution in [3.63, 3.8) is 0 Å². The van der Waals surface area contributed by atoms with Crippen molar-refractivity contribution >= 4 is 5.97 Å². The Balaban J connectivity index is 2.48. The molecule has 0 amide bonds. The first-order chi connectivity index (χ1) is 7.22. The number of allylic oxidation sites excluding steroid dienone is 1. The van der Waals surface area contributed by atoms with Crippen LogP contribution in [0.5, 0.6) is 0 Å². The van der Waals surface area contributed by atoms with Gasteiger partial charge in [0, 0.05) is 6.42 Å². The lowest BCUT2D eigenvalue weighted by molar-refractivity contribution is -0.159. The first-order valence-corrected chi connectivity index (χ1v) is 5.27. The molecule has 1 atom stereocenters. The average Bonchev–Trinajstić information content (AvgIpc) is 2.64. The molecular weight excluding hydrogens is 194 g/mol. The van der Waals surface area contributed by atoms with Crippen molar-refractivity contribution in [2.45, 2.75) is 24.9 Å². The standard InChI is InChI=1S/C11H19NO3/c1-3-4-5-11(6-7-14-9-11)15-10(13)8-12-2/h3,12H,1,4-9H2,2H3. The molecule has 0 saturated carbocycles. The highest BCUT2D eigenvalue weighted by atomic mass is 16.6. The number of esters is 1. The molecule has 4 heteroatoms. The van der Waals surface area contributed by atoms with Gasteiger partial charge in [-0.15, -0.1) is 6.58 Å². The smallest absolute Gasteiger partial charge is 0.320 e. The topological polar surface area (TPSA) is 47.6 Å². The second kappa shape index (κ2) is 5.88. The van der Waals surface area contributed by atoms with Crippen molar-refractivity contribution < 1.29 is 14.3 Å². The predicted octanol–water partition coefficient (Wildman–Crippen LogP) is 0.874. The van der Waals surface area contributed by atoms with Crippen LogP contribution < -0.4 is 5.32 Å². The van der Waals surface area contributed by atoms with Crippen molar-refractivity contribution in [1.82, 2.24) is 5.32 Å². The molecule has 1 fully saturated rings. The maximum atomic E-state index is 11.4. The summed E-state index contributed by atoms with van der Waals surface area (Å²) < 4.78 is 10.8. The van der Waals surface area contributed by atoms with Crippen LogP contribution in [0.15, 0.2) is 12.7 Å². The molecule has 1 heterocycles. The van der Waals surface area contributed by atoms with Gasteiger partial charge >= 0.3 is 5.97 Å². The Bertz CT molecular complexity index is 222. The van der Waals surface area contributed by atoms with Gasteiger partial charge in [0.05, 0.1) is 19.8 Å². The van der Waals surface area contributed by atoms with E-state index in [2.05, 4.69) is 11.9 Å². The molecule has 15 heavy (non-hydrogen) atoms. The fourth-order valence-electron chi connectivity index (χ4n) is 1.70. The predicted molar refractivity (Wildman–Crippen MR) is 57.6 cm³/mol. The van der Waals surface area contributed by atoms with E-state index in [0.29, 0.717) is 13.2 Å². The third kappa shape index (κ3) is 3.64. The molecule has 0 radical (unpaired) electrons. The summed E-state index contributed by atoms with van der Waals surface area (Å²) in [5.41, 5.74) is -0.415. The van der Waals surface area contributed by atoms with Crippen molar-refractivity contribution in [3.8, 4) is 0 Å². The summed E-state index contributed by atoms with van der Waals surface area (Å²) in [7, 11) is 1.73. The molecule has 0 aromatic heterocycles. The minimum atomic E-state index is -0.415. The molecule has 0 aromatic carbocycles. The van der Waals surface area contributed by atoms with Crippen LogP contribution in [0.4, 0.5) is 0 Å². The van der Waals surface area contributed by atoms with E-state index >= 15 is 0 Å². The quantitative estimate of drug-likeness (QED) is 0.525. The minimum Gasteiger partial charge on any atom is -0.456 e. The minimum absolute atomic E-state index is 0.216. The van der Waals surface area contributed by atoms with Crippen LogP contribution in [0, 0.1) is 0 Å². The first kappa shape index (κ1) is 12.2. The maximum absolute atomic E-state index is 11.4. The number of carbonyl (C=O) groups excluding carboxylic acids is 1. The van der Waals surface area contributed by atoms with Gasteiger partial charge in [0.1, 0.15) is 5.60 Å². The monoisotopic (exact) mass is 213 g/mol. The van der Waals surface area contributed by atoms with E-state index in [-0.39, 0.29) is 12.5 Å². The van der Waals surface area contributed by atoms with E-state index in [1.54, 1.807) is 7.05 Å². The number of hydrogen-bond donors (Lipinski definition) is 1. The summed E-state index contributed by atoms with van der Waals surface area (Å²) in [5.74, 6) is -0.216. The highest BCUT2D eigenvalue weighted by Gasteiger charge is 2.37. The first-order valence-electron chi connectivity index (χ1n) is 5.27. The molecule has 86 valence electrons. The lowest BCUT2D eigenvalue weighted by Crippen LogP contribution is -2.38. The SMILES string of the molecule is C=CCCC1(OC(=O)CNC)CCOC1. The Hall–Kier alpha value is -0.870. The fourth-order valence-corrected chi connectivity index (χ4v) is 1.70. The second-order valence-corrected chi connectivity index (χ2v) is 3.82. The fraction of sp³-hybridized carbons (Fsp3) is 0.727. The van der Waals surface area contributed by atoms with Crippen LogP contribution in [-0.2, 0) is 14.3 Å². The zero-order chi connectivity index (χ0) is 11.1. The molecule has 1 rings (SSSR count). The van der Waals surface area contributed by atoms with E-state index in [1.165, 1.54) is 0 Å². The summed E-state index contributed by atoms with van der Waals surface area (Å²) in [4.78, 5) is 11.4. The highest BCUT2D eigenvalue weighted by molar-refractivity contribution is 5.72. The summed E-state index contributed by atoms with van der Waals surface area (Å²) >= 11 is 0. The molecule has 0 bridgehead atoms. The molecule has 1 aliphatic heterocycles. The second-order valence-electron chi connectivity index (χ2n) is 3.82. The van der Waals surface area contributed by atoms with E-state index < -0.39 is 5.60 Å². The molecular formula is C11H19NO3. The van der Waals surface area contributed by atoms with E-state index in [4.69, 9.17) is 9.47 Å². The summed E-state index contributed by atoms with van der Waals surface area (Å²) in [5, 5.41) is 2.78. The molecule has 1 aliphatic rings. The van der Waals surface area contributed by atoms with Gasteiger partial charge < -0.3 is 14.8 Å². The normalized spacial score (nSPS) is 25.1. The summed E-state index contributed by atoms with van der Waals surface area (Å²) in [6.07, 6.45) is 4.27. The lowest BCUT2D eigenvalue weighted by atomic mass is 9.96. The van der Waals surface area contributed by atoms with Gasteiger partial charge in [0.2, 0.25) is 0 Å². The Morgan fingerprint density at radius 2 is 2.53 bits per heavy atom. The van der Waals surface area contributed by atoms with Gasteiger partial charge in [0.15, 0.2) is 0 Å². The number of nitrogens with one attached hydrogen (secondary N) is 1. The van der Waals surface area contributed by atoms with E-state index in [9.17, 15) is 4.79 Å². The van der Waals surface area contributed by atoms with Crippen molar-refractivity contribution in [1.29, 1.82) is 0 Å². The molecule has 4 nitrogen and oxygen atoms in total. The van der Waals surface area contributed by atoms with Crippen LogP contribution >= 0.6 is 0 Å². The summed E-state index contributed by atoms with van der Waals surface area (Å²) in [6, 6.07) is 0. The van der Waals surface area contributed by atoms with Crippen LogP contribution in [0.1, 0.15) is 19.3 Å². The van der Waals surface area contributed by atoms with E-state index in [1.807, 2.05) is 6.08 Å². The Labute approximate surface area is 90.6 Å². The van der Waals surface area contributed by atoms with Crippen LogP contribution in [0.2, 0.25) is 0 Å². The maximum Gasteiger partial charge on any atom is 0.320 e. The molecule has 0 aliphatic carbocycles. The number of likely N-dealkylation sites (N-methyl/N-ethyl adjacent to an activating group) is 1. The molecule has 0 aromatic rings. The molecule has 1 N–H and O–H groups in total. The van der Waals surface area contributed by atoms with Gasteiger partial charge in [-0.1, -0.05) is 6.08 Å². The highest BCUT2D eigenvalue weighted by Crippen LogP contribution is 2.28. The number of ether oxygens (including phenoxy) is 2. The number of rotatable bonds is 6. The zero-order valence-corrected chi connectivity index (χ0v) is 9.25. The van der Waals surface area contributed by atoms with Gasteiger partial charge in [0.25, 0.3) is 0 Å². The van der Waals surface area contributed by atoms with Gasteiger partial charge in [-0.25, -0.2) is 0 Å². The number of hydrogen-bond acceptors (Lipinski definition) is 4. The van der Waals surface area contributed by atoms with E-state index in [0.717, 1.165) is 19.3 Å². The zero-order valence-electron chi connectivity index (χ0n) is 9.25. The van der Waals surface area contributed by atoms with Crippen LogP contribution in [0.3, 0.4) is 0 Å². The van der Waals surface area contributed by atoms with Crippen LogP contribution in [0.25, 0.3) is 0 Å². The Morgan fingerprint density at radius 3 is 3.07 bits per heavy atom. The van der Waals surface area contributed by atoms with Gasteiger partial charge in [-0.05, 0) is 19.9 Å². The van der Waals surface area contributed by atoms with Crippen molar-refractivity contribution in [2.75, 3.05) is 26.8 Å². The van der Waals surface area contributed by atoms with Crippen molar-refractivity contribution in [2.24, 2.45) is 0 Å². The Kier molecular flexibility index (Phi) is 4.78. The number of carbonyl (C=O) groups is 1. The van der Waals surface area contributed by atoms with Crippen LogP contribution in [-0.4, -0.2) is 38.4 Å². The summed E-state index contributed by atoms with van der Waals surface area (Å²) in [6.45, 7) is 5.10. The molecule has 0 spiro atoms. The van der Waals surface area contributed by atoms with Gasteiger partial charge in [-0.2, -0.15) is 0 Å². The Morgan fingerprint density at radius 1 is 1.73 bits per heavy atom. The third-order valence-corrected chi connectivity index (χ3v) is 2.52. The lowest BCUT2D eigenvalue weighted by Gasteiger charge is -2.27. The van der Waals surface area contributed by atoms with Crippen molar-refractivity contribution in [3.05, 3.63) is 12.7 Å². The third-order valence-electron chi connectivity index (χ3n) is 2.52. The van der Waals surface area contributed by atoms with Gasteiger partial charge in [-0.3, -0.25) is 4.79 Å². The average molecular weight is 213 g/mol. The molecule has 1 unspecified atom stereocenters.